The van der Waals surface area contributed by atoms with Gasteiger partial charge in [-0.2, -0.15) is 5.26 Å². The van der Waals surface area contributed by atoms with Gasteiger partial charge >= 0.3 is 0 Å². The maximum absolute atomic E-state index is 12.0. The molecule has 1 N–H and O–H groups in total. The summed E-state index contributed by atoms with van der Waals surface area (Å²) < 4.78 is 10.9. The Balaban J connectivity index is 1.88. The van der Waals surface area contributed by atoms with Crippen LogP contribution in [0.15, 0.2) is 48.5 Å². The lowest BCUT2D eigenvalue weighted by atomic mass is 10.1. The number of halogens is 2. The molecule has 0 fully saturated rings. The molecule has 1 unspecified atom stereocenters. The van der Waals surface area contributed by atoms with Crippen LogP contribution in [-0.4, -0.2) is 24.7 Å². The van der Waals surface area contributed by atoms with Crippen molar-refractivity contribution in [2.24, 2.45) is 0 Å². The van der Waals surface area contributed by atoms with E-state index in [1.165, 1.54) is 0 Å². The van der Waals surface area contributed by atoms with Crippen molar-refractivity contribution in [2.75, 3.05) is 13.2 Å². The third-order valence-corrected chi connectivity index (χ3v) is 3.76. The number of para-hydroxylation sites is 1. The third-order valence-electron chi connectivity index (χ3n) is 3.20. The summed E-state index contributed by atoms with van der Waals surface area (Å²) in [7, 11) is 0. The first-order valence-electron chi connectivity index (χ1n) is 7.40. The summed E-state index contributed by atoms with van der Waals surface area (Å²) in [4.78, 5) is 12.0. The number of amides is 1. The molecule has 0 saturated carbocycles. The lowest BCUT2D eigenvalue weighted by molar-refractivity contribution is -0.124. The van der Waals surface area contributed by atoms with E-state index in [-0.39, 0.29) is 13.2 Å². The standard InChI is InChI=1S/C18H16Cl2N2O3/c1-18(11-21,12-25-16-5-3-2-4-15(16)20)22-17(23)10-24-14-8-6-13(19)7-9-14/h2-9H,10,12H2,1H3,(H,22,23). The topological polar surface area (TPSA) is 71.3 Å². The summed E-state index contributed by atoms with van der Waals surface area (Å²) >= 11 is 11.8. The summed E-state index contributed by atoms with van der Waals surface area (Å²) in [5.74, 6) is 0.504. The van der Waals surface area contributed by atoms with Crippen molar-refractivity contribution >= 4 is 29.1 Å². The van der Waals surface area contributed by atoms with E-state index in [2.05, 4.69) is 5.32 Å². The van der Waals surface area contributed by atoms with Crippen LogP contribution in [0, 0.1) is 11.3 Å². The van der Waals surface area contributed by atoms with Crippen LogP contribution in [0.25, 0.3) is 0 Å². The Morgan fingerprint density at radius 2 is 1.84 bits per heavy atom. The second-order valence-corrected chi connectivity index (χ2v) is 6.30. The molecule has 2 aromatic rings. The number of hydrogen-bond donors (Lipinski definition) is 1. The van der Waals surface area contributed by atoms with Gasteiger partial charge in [0.05, 0.1) is 11.1 Å². The number of nitriles is 1. The molecule has 0 aliphatic rings. The zero-order valence-corrected chi connectivity index (χ0v) is 15.0. The van der Waals surface area contributed by atoms with E-state index in [1.807, 2.05) is 6.07 Å². The number of hydrogen-bond acceptors (Lipinski definition) is 4. The third kappa shape index (κ3) is 5.86. The van der Waals surface area contributed by atoms with Crippen LogP contribution in [-0.2, 0) is 4.79 Å². The predicted octanol–water partition coefficient (Wildman–Crippen LogP) is 3.85. The average Bonchev–Trinajstić information content (AvgIpc) is 2.60. The van der Waals surface area contributed by atoms with Gasteiger partial charge in [-0.15, -0.1) is 0 Å². The highest BCUT2D eigenvalue weighted by molar-refractivity contribution is 6.32. The number of nitrogens with zero attached hydrogens (tertiary/aromatic N) is 1. The minimum Gasteiger partial charge on any atom is -0.488 e. The molecule has 0 aliphatic heterocycles. The maximum atomic E-state index is 12.0. The Morgan fingerprint density at radius 3 is 2.48 bits per heavy atom. The van der Waals surface area contributed by atoms with E-state index in [4.69, 9.17) is 32.7 Å². The quantitative estimate of drug-likeness (QED) is 0.793. The molecular weight excluding hydrogens is 363 g/mol. The summed E-state index contributed by atoms with van der Waals surface area (Å²) in [6, 6.07) is 15.6. The van der Waals surface area contributed by atoms with Crippen LogP contribution in [0.2, 0.25) is 10.0 Å². The number of carbonyl (C=O) groups is 1. The van der Waals surface area contributed by atoms with Crippen molar-refractivity contribution in [2.45, 2.75) is 12.5 Å². The van der Waals surface area contributed by atoms with Crippen LogP contribution in [0.5, 0.6) is 11.5 Å². The molecule has 0 saturated heterocycles. The zero-order valence-electron chi connectivity index (χ0n) is 13.5. The van der Waals surface area contributed by atoms with E-state index in [0.29, 0.717) is 21.5 Å². The smallest absolute Gasteiger partial charge is 0.259 e. The fraction of sp³-hybridized carbons (Fsp3) is 0.222. The zero-order chi connectivity index (χ0) is 18.3. The minimum absolute atomic E-state index is 0.0556. The van der Waals surface area contributed by atoms with Gasteiger partial charge in [-0.25, -0.2) is 0 Å². The summed E-state index contributed by atoms with van der Waals surface area (Å²) in [6.07, 6.45) is 0. The molecule has 0 radical (unpaired) electrons. The molecule has 1 atom stereocenters. The lowest BCUT2D eigenvalue weighted by Crippen LogP contribution is -2.50. The Hall–Kier alpha value is -2.42. The van der Waals surface area contributed by atoms with Gasteiger partial charge in [0.1, 0.15) is 18.1 Å². The molecule has 25 heavy (non-hydrogen) atoms. The molecule has 0 bridgehead atoms. The van der Waals surface area contributed by atoms with Gasteiger partial charge in [0, 0.05) is 5.02 Å². The predicted molar refractivity (Wildman–Crippen MR) is 96.1 cm³/mol. The molecule has 0 aliphatic carbocycles. The lowest BCUT2D eigenvalue weighted by Gasteiger charge is -2.23. The van der Waals surface area contributed by atoms with E-state index in [1.54, 1.807) is 55.5 Å². The molecule has 1 amide bonds. The number of nitrogens with one attached hydrogen (secondary N) is 1. The molecule has 7 heteroatoms. The van der Waals surface area contributed by atoms with Gasteiger partial charge in [-0.3, -0.25) is 4.79 Å². The largest absolute Gasteiger partial charge is 0.488 e. The van der Waals surface area contributed by atoms with Gasteiger partial charge in [-0.05, 0) is 43.3 Å². The van der Waals surface area contributed by atoms with Gasteiger partial charge in [0.25, 0.3) is 5.91 Å². The highest BCUT2D eigenvalue weighted by atomic mass is 35.5. The normalized spacial score (nSPS) is 12.6. The molecule has 0 aromatic heterocycles. The minimum atomic E-state index is -1.22. The molecule has 0 heterocycles. The molecule has 2 aromatic carbocycles. The van der Waals surface area contributed by atoms with E-state index >= 15 is 0 Å². The summed E-state index contributed by atoms with van der Waals surface area (Å²) in [6.45, 7) is 1.27. The Morgan fingerprint density at radius 1 is 1.16 bits per heavy atom. The van der Waals surface area contributed by atoms with Crippen molar-refractivity contribution in [3.05, 3.63) is 58.6 Å². The fourth-order valence-electron chi connectivity index (χ4n) is 1.90. The van der Waals surface area contributed by atoms with Gasteiger partial charge in [0.15, 0.2) is 12.1 Å². The van der Waals surface area contributed by atoms with Gasteiger partial charge in [0.2, 0.25) is 0 Å². The second kappa shape index (κ2) is 8.61. The first kappa shape index (κ1) is 18.9. The summed E-state index contributed by atoms with van der Waals surface area (Å²) in [5.41, 5.74) is -1.22. The fourth-order valence-corrected chi connectivity index (χ4v) is 2.22. The number of rotatable bonds is 7. The highest BCUT2D eigenvalue weighted by Crippen LogP contribution is 2.24. The summed E-state index contributed by atoms with van der Waals surface area (Å²) in [5, 5.41) is 13.0. The Labute approximate surface area is 156 Å². The van der Waals surface area contributed by atoms with Crippen molar-refractivity contribution in [3.8, 4) is 17.6 Å². The van der Waals surface area contributed by atoms with Crippen LogP contribution in [0.4, 0.5) is 0 Å². The number of ether oxygens (including phenoxy) is 2. The second-order valence-electron chi connectivity index (χ2n) is 5.45. The van der Waals surface area contributed by atoms with Crippen LogP contribution >= 0.6 is 23.2 Å². The van der Waals surface area contributed by atoms with Crippen LogP contribution in [0.1, 0.15) is 6.92 Å². The Kier molecular flexibility index (Phi) is 6.51. The molecule has 2 rings (SSSR count). The van der Waals surface area contributed by atoms with E-state index < -0.39 is 11.4 Å². The molecule has 5 nitrogen and oxygen atoms in total. The van der Waals surface area contributed by atoms with Gasteiger partial charge in [-0.1, -0.05) is 35.3 Å². The maximum Gasteiger partial charge on any atom is 0.259 e. The van der Waals surface area contributed by atoms with Crippen molar-refractivity contribution in [1.29, 1.82) is 5.26 Å². The van der Waals surface area contributed by atoms with Crippen LogP contribution in [0.3, 0.4) is 0 Å². The number of benzene rings is 2. The highest BCUT2D eigenvalue weighted by Gasteiger charge is 2.27. The SMILES string of the molecule is CC(C#N)(COc1ccccc1Cl)NC(=O)COc1ccc(Cl)cc1. The van der Waals surface area contributed by atoms with Crippen LogP contribution < -0.4 is 14.8 Å². The number of carbonyl (C=O) groups excluding carboxylic acids is 1. The van der Waals surface area contributed by atoms with Crippen molar-refractivity contribution in [3.63, 3.8) is 0 Å². The van der Waals surface area contributed by atoms with Crippen molar-refractivity contribution < 1.29 is 14.3 Å². The first-order valence-corrected chi connectivity index (χ1v) is 8.15. The first-order chi connectivity index (χ1) is 11.9. The molecule has 130 valence electrons. The monoisotopic (exact) mass is 378 g/mol. The van der Waals surface area contributed by atoms with E-state index in [9.17, 15) is 10.1 Å². The van der Waals surface area contributed by atoms with E-state index in [0.717, 1.165) is 0 Å². The molecular formula is C18H16Cl2N2O3. The average molecular weight is 379 g/mol. The van der Waals surface area contributed by atoms with Gasteiger partial charge < -0.3 is 14.8 Å². The molecule has 0 spiro atoms. The van der Waals surface area contributed by atoms with Crippen molar-refractivity contribution in [1.82, 2.24) is 5.32 Å². The Bertz CT molecular complexity index is 775.